The van der Waals surface area contributed by atoms with Crippen LogP contribution in [-0.4, -0.2) is 27.6 Å². The van der Waals surface area contributed by atoms with Gasteiger partial charge >= 0.3 is 0 Å². The first-order valence-corrected chi connectivity index (χ1v) is 27.5. The topological polar surface area (TPSA) is 56.7 Å². The third-order valence-corrected chi connectivity index (χ3v) is 15.7. The Labute approximate surface area is 412 Å². The zero-order chi connectivity index (χ0) is 46.5. The van der Waals surface area contributed by atoms with Crippen LogP contribution < -0.4 is 5.19 Å². The van der Waals surface area contributed by atoms with Gasteiger partial charge in [-0.05, 0) is 107 Å². The zero-order valence-corrected chi connectivity index (χ0v) is 44.6. The summed E-state index contributed by atoms with van der Waals surface area (Å²) in [5.74, 6) is 2.09. The quantitative estimate of drug-likeness (QED) is 0.112. The minimum absolute atomic E-state index is 0. The summed E-state index contributed by atoms with van der Waals surface area (Å²) in [6.45, 7) is 24.8. The molecular weight excluding hydrogens is 1010 g/mol. The third kappa shape index (κ3) is 9.79. The van der Waals surface area contributed by atoms with Gasteiger partial charge in [0.25, 0.3) is 0 Å². The van der Waals surface area contributed by atoms with Crippen molar-refractivity contribution in [1.82, 2.24) is 19.5 Å². The van der Waals surface area contributed by atoms with E-state index >= 15 is 0 Å². The molecule has 10 rings (SSSR count). The number of rotatable bonds is 8. The van der Waals surface area contributed by atoms with Crippen LogP contribution in [0.25, 0.3) is 72.7 Å². The van der Waals surface area contributed by atoms with Crippen LogP contribution >= 0.6 is 0 Å². The normalized spacial score (nSPS) is 13.4. The molecule has 4 aromatic heterocycles. The monoisotopic (exact) mass is 1080 g/mol. The van der Waals surface area contributed by atoms with Gasteiger partial charge in [0.15, 0.2) is 0 Å². The van der Waals surface area contributed by atoms with Crippen molar-refractivity contribution in [2.45, 2.75) is 118 Å². The van der Waals surface area contributed by atoms with Crippen LogP contribution in [0, 0.1) is 38.8 Å². The molecule has 1 aliphatic rings. The number of aromatic nitrogens is 4. The Hall–Kier alpha value is -5.46. The van der Waals surface area contributed by atoms with Crippen molar-refractivity contribution in [3.8, 4) is 39.6 Å². The Kier molecular flexibility index (Phi) is 13.8. The van der Waals surface area contributed by atoms with Gasteiger partial charge in [0.05, 0.1) is 36.2 Å². The van der Waals surface area contributed by atoms with E-state index in [4.69, 9.17) is 19.4 Å². The van der Waals surface area contributed by atoms with Gasteiger partial charge in [-0.2, -0.15) is 0 Å². The second kappa shape index (κ2) is 19.3. The number of benzene rings is 5. The smallest absolute Gasteiger partial charge is 0.216 e. The molecule has 1 saturated carbocycles. The van der Waals surface area contributed by atoms with Crippen LogP contribution in [-0.2, 0) is 31.9 Å². The van der Waals surface area contributed by atoms with E-state index < -0.39 is 8.07 Å². The standard InChI is InChI=1S/C40H38N3O.C20H26NSi.Ir/c1-23(2)27-13-20-32-34(22-27)43(29-16-14-28(15-17-29)40(6,7)8)38(41-32)31-18-12-26(5)36-30-19-21-33(42-39(30)44-37(31)36)35-24(3)10-9-11-25(35)4;1-22(2,3)20-15-21-19(17-11-5-4-6-12-17)14-18(20)13-16-9-7-8-10-16;/h9-17,19-23H,1-8H3;4-6,11,14-16H,7-10,13H2,1-3H3;/q2*-1;. The summed E-state index contributed by atoms with van der Waals surface area (Å²) in [5.41, 5.74) is 17.2. The van der Waals surface area contributed by atoms with Crippen LogP contribution in [0.4, 0.5) is 0 Å². The fourth-order valence-corrected chi connectivity index (χ4v) is 11.5. The zero-order valence-electron chi connectivity index (χ0n) is 41.2. The molecule has 0 N–H and O–H groups in total. The molecule has 7 heteroatoms. The molecule has 1 radical (unpaired) electrons. The maximum atomic E-state index is 6.68. The van der Waals surface area contributed by atoms with E-state index in [1.165, 1.54) is 54.4 Å². The molecule has 9 aromatic rings. The minimum atomic E-state index is -1.35. The molecule has 0 spiro atoms. The summed E-state index contributed by atoms with van der Waals surface area (Å²) in [7, 11) is -1.35. The number of hydrogen-bond acceptors (Lipinski definition) is 4. The number of nitrogens with zero attached hydrogens (tertiary/aromatic N) is 4. The molecule has 67 heavy (non-hydrogen) atoms. The van der Waals surface area contributed by atoms with Gasteiger partial charge < -0.3 is 14.0 Å². The van der Waals surface area contributed by atoms with Crippen LogP contribution in [0.2, 0.25) is 19.6 Å². The molecule has 4 heterocycles. The van der Waals surface area contributed by atoms with E-state index in [-0.39, 0.29) is 25.5 Å². The Morgan fingerprint density at radius 2 is 1.52 bits per heavy atom. The summed E-state index contributed by atoms with van der Waals surface area (Å²) in [6, 6.07) is 45.5. The second-order valence-corrected chi connectivity index (χ2v) is 26.1. The van der Waals surface area contributed by atoms with Gasteiger partial charge in [-0.25, -0.2) is 4.98 Å². The van der Waals surface area contributed by atoms with Gasteiger partial charge in [-0.3, -0.25) is 4.98 Å². The minimum Gasteiger partial charge on any atom is -0.486 e. The van der Waals surface area contributed by atoms with Crippen molar-refractivity contribution in [3.05, 3.63) is 161 Å². The van der Waals surface area contributed by atoms with Crippen molar-refractivity contribution in [1.29, 1.82) is 0 Å². The molecule has 0 unspecified atom stereocenters. The van der Waals surface area contributed by atoms with Gasteiger partial charge in [0.2, 0.25) is 5.71 Å². The first kappa shape index (κ1) is 48.0. The molecule has 345 valence electrons. The van der Waals surface area contributed by atoms with Crippen molar-refractivity contribution < 1.29 is 24.5 Å². The fraction of sp³-hybridized carbons (Fsp3) is 0.317. The van der Waals surface area contributed by atoms with Gasteiger partial charge in [-0.15, -0.1) is 53.6 Å². The van der Waals surface area contributed by atoms with E-state index in [1.807, 2.05) is 12.1 Å². The molecule has 0 aliphatic heterocycles. The molecule has 0 atom stereocenters. The van der Waals surface area contributed by atoms with Crippen LogP contribution in [0.3, 0.4) is 0 Å². The molecule has 0 bridgehead atoms. The summed E-state index contributed by atoms with van der Waals surface area (Å²) in [4.78, 5) is 15.0. The Morgan fingerprint density at radius 3 is 2.18 bits per heavy atom. The number of furan rings is 1. The first-order chi connectivity index (χ1) is 31.5. The average Bonchev–Trinajstić information content (AvgIpc) is 4.04. The molecule has 1 fully saturated rings. The SMILES string of the molecule is C[Si](C)(C)c1cnc(-c2[c-]cccc2)cc1CC1CCCC1.Cc1cccc(C)c1-c1ccc2c(n1)oc1c(-c3nc4ccc(C(C)C)cc4n3-c3ccc(C(C)(C)C)cc3)[c-]cc(C)c12.[Ir]. The van der Waals surface area contributed by atoms with Crippen molar-refractivity contribution in [3.63, 3.8) is 0 Å². The van der Waals surface area contributed by atoms with E-state index in [9.17, 15) is 0 Å². The summed E-state index contributed by atoms with van der Waals surface area (Å²) >= 11 is 0. The number of pyridine rings is 2. The van der Waals surface area contributed by atoms with Crippen LogP contribution in [0.15, 0.2) is 120 Å². The van der Waals surface area contributed by atoms with E-state index in [2.05, 4.69) is 195 Å². The van der Waals surface area contributed by atoms with E-state index in [0.717, 1.165) is 78.5 Å². The predicted octanol–water partition coefficient (Wildman–Crippen LogP) is 15.6. The third-order valence-electron chi connectivity index (χ3n) is 13.7. The van der Waals surface area contributed by atoms with Crippen LogP contribution in [0.1, 0.15) is 99.6 Å². The molecular formula is C60H64IrN4OSi-2. The van der Waals surface area contributed by atoms with Gasteiger partial charge in [0, 0.05) is 42.9 Å². The Balaban J connectivity index is 0.000000223. The first-order valence-electron chi connectivity index (χ1n) is 24.0. The van der Waals surface area contributed by atoms with Gasteiger partial charge in [-0.1, -0.05) is 146 Å². The Bertz CT molecular complexity index is 3180. The predicted molar refractivity (Wildman–Crippen MR) is 280 cm³/mol. The Morgan fingerprint density at radius 1 is 0.791 bits per heavy atom. The van der Waals surface area contributed by atoms with E-state index in [1.54, 1.807) is 10.8 Å². The summed E-state index contributed by atoms with van der Waals surface area (Å²) in [5, 5.41) is 3.60. The number of aryl methyl sites for hydroxylation is 3. The maximum Gasteiger partial charge on any atom is 0.216 e. The van der Waals surface area contributed by atoms with Crippen molar-refractivity contribution in [2.75, 3.05) is 0 Å². The number of imidazole rings is 1. The molecule has 5 nitrogen and oxygen atoms in total. The van der Waals surface area contributed by atoms with Crippen molar-refractivity contribution in [2.24, 2.45) is 5.92 Å². The van der Waals surface area contributed by atoms with Crippen LogP contribution in [0.5, 0.6) is 0 Å². The van der Waals surface area contributed by atoms with E-state index in [0.29, 0.717) is 11.6 Å². The summed E-state index contributed by atoms with van der Waals surface area (Å²) < 4.78 is 8.94. The summed E-state index contributed by atoms with van der Waals surface area (Å²) in [6.07, 6.45) is 9.03. The molecule has 0 amide bonds. The maximum absolute atomic E-state index is 6.68. The molecule has 1 aliphatic carbocycles. The van der Waals surface area contributed by atoms with Crippen molar-refractivity contribution >= 4 is 46.4 Å². The number of hydrogen-bond donors (Lipinski definition) is 0. The largest absolute Gasteiger partial charge is 0.486 e. The molecule has 5 aromatic carbocycles. The number of fused-ring (bicyclic) bond motifs is 4. The van der Waals surface area contributed by atoms with Gasteiger partial charge in [0.1, 0.15) is 0 Å². The second-order valence-electron chi connectivity index (χ2n) is 21.0. The average molecular weight is 1080 g/mol. The fourth-order valence-electron chi connectivity index (χ4n) is 9.95. The molecule has 0 saturated heterocycles.